The Labute approximate surface area is 157 Å². The molecule has 0 unspecified atom stereocenters. The highest BCUT2D eigenvalue weighted by atomic mass is 16.5. The minimum atomic E-state index is 0.374. The van der Waals surface area contributed by atoms with Crippen molar-refractivity contribution in [2.24, 2.45) is 10.9 Å². The predicted molar refractivity (Wildman–Crippen MR) is 106 cm³/mol. The van der Waals surface area contributed by atoms with Gasteiger partial charge < -0.3 is 20.5 Å². The molecule has 5 heteroatoms. The van der Waals surface area contributed by atoms with Gasteiger partial charge in [-0.05, 0) is 75.0 Å². The van der Waals surface area contributed by atoms with Crippen LogP contribution in [-0.2, 0) is 24.1 Å². The molecule has 0 heterocycles. The van der Waals surface area contributed by atoms with E-state index in [9.17, 15) is 5.11 Å². The Morgan fingerprint density at radius 3 is 2.88 bits per heavy atom. The van der Waals surface area contributed by atoms with Crippen LogP contribution in [0.4, 0.5) is 0 Å². The van der Waals surface area contributed by atoms with Crippen molar-refractivity contribution in [3.05, 3.63) is 28.8 Å². The third-order valence-corrected chi connectivity index (χ3v) is 5.17. The fourth-order valence-corrected chi connectivity index (χ4v) is 3.48. The van der Waals surface area contributed by atoms with E-state index in [1.54, 1.807) is 0 Å². The summed E-state index contributed by atoms with van der Waals surface area (Å²) in [5.74, 6) is 2.01. The smallest absolute Gasteiger partial charge is 0.191 e. The molecule has 1 fully saturated rings. The van der Waals surface area contributed by atoms with E-state index in [1.165, 1.54) is 36.8 Å². The number of ether oxygens (including phenoxy) is 1. The zero-order valence-electron chi connectivity index (χ0n) is 16.0. The number of aryl methyl sites for hydroxylation is 1. The van der Waals surface area contributed by atoms with Crippen LogP contribution in [0.15, 0.2) is 17.1 Å². The molecule has 0 atom stereocenters. The van der Waals surface area contributed by atoms with Gasteiger partial charge >= 0.3 is 0 Å². The topological polar surface area (TPSA) is 65.9 Å². The molecule has 3 rings (SSSR count). The van der Waals surface area contributed by atoms with Crippen molar-refractivity contribution >= 4 is 5.96 Å². The number of rotatable bonds is 9. The third kappa shape index (κ3) is 5.63. The van der Waals surface area contributed by atoms with E-state index < -0.39 is 0 Å². The van der Waals surface area contributed by atoms with Gasteiger partial charge in [0.15, 0.2) is 5.96 Å². The summed E-state index contributed by atoms with van der Waals surface area (Å²) in [5, 5.41) is 17.0. The van der Waals surface area contributed by atoms with Crippen molar-refractivity contribution in [3.8, 4) is 5.75 Å². The lowest BCUT2D eigenvalue weighted by molar-refractivity contribution is 0.123. The average molecular weight is 360 g/mol. The standard InChI is InChI=1S/C21H33N3O2/c1-2-22-21(23-12-5-13-26-15-16-8-9-16)24-14-19-18-7-4-3-6-17(18)10-11-20(19)25/h10-11,16,25H,2-9,12-15H2,1H3,(H2,22,23,24). The number of benzene rings is 1. The first-order valence-corrected chi connectivity index (χ1v) is 10.2. The molecule has 5 nitrogen and oxygen atoms in total. The molecule has 0 saturated heterocycles. The van der Waals surface area contributed by atoms with Crippen LogP contribution in [0.2, 0.25) is 0 Å². The number of aliphatic imine (C=N–C) groups is 1. The minimum Gasteiger partial charge on any atom is -0.508 e. The summed E-state index contributed by atoms with van der Waals surface area (Å²) >= 11 is 0. The van der Waals surface area contributed by atoms with Crippen LogP contribution in [0.25, 0.3) is 0 Å². The van der Waals surface area contributed by atoms with Crippen LogP contribution >= 0.6 is 0 Å². The Morgan fingerprint density at radius 2 is 2.08 bits per heavy atom. The second-order valence-electron chi connectivity index (χ2n) is 7.40. The zero-order chi connectivity index (χ0) is 18.2. The zero-order valence-corrected chi connectivity index (χ0v) is 16.0. The lowest BCUT2D eigenvalue weighted by atomic mass is 9.88. The number of aromatic hydroxyl groups is 1. The molecular formula is C21H33N3O2. The van der Waals surface area contributed by atoms with Crippen molar-refractivity contribution in [1.29, 1.82) is 0 Å². The summed E-state index contributed by atoms with van der Waals surface area (Å²) in [6, 6.07) is 3.90. The largest absolute Gasteiger partial charge is 0.508 e. The van der Waals surface area contributed by atoms with E-state index in [0.29, 0.717) is 12.3 Å². The summed E-state index contributed by atoms with van der Waals surface area (Å²) in [6.45, 7) is 5.97. The highest BCUT2D eigenvalue weighted by Crippen LogP contribution is 2.31. The number of nitrogens with zero attached hydrogens (tertiary/aromatic N) is 1. The molecule has 0 aromatic heterocycles. The quantitative estimate of drug-likeness (QED) is 0.360. The van der Waals surface area contributed by atoms with E-state index in [1.807, 2.05) is 6.07 Å². The van der Waals surface area contributed by atoms with Gasteiger partial charge in [-0.15, -0.1) is 0 Å². The number of phenols is 1. The molecule has 26 heavy (non-hydrogen) atoms. The van der Waals surface area contributed by atoms with Gasteiger partial charge in [0.25, 0.3) is 0 Å². The molecule has 2 aliphatic carbocycles. The number of guanidine groups is 1. The van der Waals surface area contributed by atoms with Gasteiger partial charge in [-0.2, -0.15) is 0 Å². The van der Waals surface area contributed by atoms with Gasteiger partial charge in [0.2, 0.25) is 0 Å². The molecular weight excluding hydrogens is 326 g/mol. The van der Waals surface area contributed by atoms with Gasteiger partial charge in [0.1, 0.15) is 5.75 Å². The van der Waals surface area contributed by atoms with Gasteiger partial charge in [-0.3, -0.25) is 0 Å². The van der Waals surface area contributed by atoms with Gasteiger partial charge in [0.05, 0.1) is 6.54 Å². The van der Waals surface area contributed by atoms with Gasteiger partial charge in [-0.25, -0.2) is 4.99 Å². The van der Waals surface area contributed by atoms with Gasteiger partial charge in [-0.1, -0.05) is 6.07 Å². The van der Waals surface area contributed by atoms with Crippen LogP contribution in [0.3, 0.4) is 0 Å². The molecule has 1 aromatic rings. The Kier molecular flexibility index (Phi) is 7.18. The number of fused-ring (bicyclic) bond motifs is 1. The SMILES string of the molecule is CCNC(=NCc1c(O)ccc2c1CCCC2)NCCCOCC1CC1. The molecule has 0 bridgehead atoms. The van der Waals surface area contributed by atoms with E-state index in [4.69, 9.17) is 9.73 Å². The fraction of sp³-hybridized carbons (Fsp3) is 0.667. The van der Waals surface area contributed by atoms with E-state index in [-0.39, 0.29) is 0 Å². The molecule has 0 radical (unpaired) electrons. The molecule has 3 N–H and O–H groups in total. The average Bonchev–Trinajstić information content (AvgIpc) is 3.48. The van der Waals surface area contributed by atoms with Crippen LogP contribution in [0, 0.1) is 5.92 Å². The number of hydrogen-bond acceptors (Lipinski definition) is 3. The monoisotopic (exact) mass is 359 g/mol. The molecule has 0 aliphatic heterocycles. The lowest BCUT2D eigenvalue weighted by Crippen LogP contribution is -2.38. The molecule has 1 saturated carbocycles. The van der Waals surface area contributed by atoms with Crippen LogP contribution in [-0.4, -0.2) is 37.4 Å². The maximum atomic E-state index is 10.3. The first-order valence-electron chi connectivity index (χ1n) is 10.2. The second kappa shape index (κ2) is 9.81. The summed E-state index contributed by atoms with van der Waals surface area (Å²) < 4.78 is 5.67. The first kappa shape index (κ1) is 19.0. The molecule has 2 aliphatic rings. The highest BCUT2D eigenvalue weighted by Gasteiger charge is 2.20. The number of nitrogens with one attached hydrogen (secondary N) is 2. The molecule has 1 aromatic carbocycles. The van der Waals surface area contributed by atoms with Crippen molar-refractivity contribution in [2.45, 2.75) is 58.4 Å². The Morgan fingerprint density at radius 1 is 1.23 bits per heavy atom. The third-order valence-electron chi connectivity index (χ3n) is 5.17. The summed E-state index contributed by atoms with van der Waals surface area (Å²) in [5.41, 5.74) is 3.68. The Hall–Kier alpha value is -1.75. The van der Waals surface area contributed by atoms with E-state index in [0.717, 1.165) is 63.0 Å². The van der Waals surface area contributed by atoms with Crippen molar-refractivity contribution in [1.82, 2.24) is 10.6 Å². The minimum absolute atomic E-state index is 0.374. The fourth-order valence-electron chi connectivity index (χ4n) is 3.48. The first-order chi connectivity index (χ1) is 12.8. The normalized spacial score (nSPS) is 17.0. The number of hydrogen-bond donors (Lipinski definition) is 3. The maximum Gasteiger partial charge on any atom is 0.191 e. The predicted octanol–water partition coefficient (Wildman–Crippen LogP) is 3.14. The van der Waals surface area contributed by atoms with Crippen molar-refractivity contribution < 1.29 is 9.84 Å². The van der Waals surface area contributed by atoms with Crippen LogP contribution < -0.4 is 10.6 Å². The molecule has 144 valence electrons. The van der Waals surface area contributed by atoms with E-state index in [2.05, 4.69) is 23.6 Å². The van der Waals surface area contributed by atoms with Crippen LogP contribution in [0.1, 0.15) is 55.7 Å². The Balaban J connectivity index is 1.51. The van der Waals surface area contributed by atoms with Crippen molar-refractivity contribution in [2.75, 3.05) is 26.3 Å². The van der Waals surface area contributed by atoms with Crippen molar-refractivity contribution in [3.63, 3.8) is 0 Å². The lowest BCUT2D eigenvalue weighted by Gasteiger charge is -2.20. The highest BCUT2D eigenvalue weighted by molar-refractivity contribution is 5.79. The summed E-state index contributed by atoms with van der Waals surface area (Å²) in [4.78, 5) is 4.70. The summed E-state index contributed by atoms with van der Waals surface area (Å²) in [7, 11) is 0. The molecule has 0 spiro atoms. The van der Waals surface area contributed by atoms with E-state index >= 15 is 0 Å². The second-order valence-corrected chi connectivity index (χ2v) is 7.40. The Bertz CT molecular complexity index is 612. The number of phenolic OH excluding ortho intramolecular Hbond substituents is 1. The maximum absolute atomic E-state index is 10.3. The summed E-state index contributed by atoms with van der Waals surface area (Å²) in [6.07, 6.45) is 8.27. The van der Waals surface area contributed by atoms with Crippen LogP contribution in [0.5, 0.6) is 5.75 Å². The molecule has 0 amide bonds. The van der Waals surface area contributed by atoms with Gasteiger partial charge in [0, 0.05) is 31.9 Å².